The Morgan fingerprint density at radius 3 is 2.63 bits per heavy atom. The Balaban J connectivity index is 1.43. The molecule has 0 unspecified atom stereocenters. The summed E-state index contributed by atoms with van der Waals surface area (Å²) in [5, 5.41) is 6.25. The molecule has 5 amide bonds. The monoisotopic (exact) mass is 416 g/mol. The van der Waals surface area contributed by atoms with E-state index in [1.807, 2.05) is 13.0 Å². The number of hydrogen-bond acceptors (Lipinski definition) is 6. The van der Waals surface area contributed by atoms with Gasteiger partial charge in [-0.1, -0.05) is 25.3 Å². The van der Waals surface area contributed by atoms with Gasteiger partial charge in [0.2, 0.25) is 11.8 Å². The summed E-state index contributed by atoms with van der Waals surface area (Å²) in [6.45, 7) is 2.20. The molecular weight excluding hydrogens is 388 g/mol. The Bertz CT molecular complexity index is 836. The lowest BCUT2D eigenvalue weighted by molar-refractivity contribution is -0.140. The van der Waals surface area contributed by atoms with Crippen molar-refractivity contribution < 1.29 is 19.2 Å². The summed E-state index contributed by atoms with van der Waals surface area (Å²) in [4.78, 5) is 55.1. The number of likely N-dealkylation sites (N-methyl/N-ethyl adjacent to an activating group) is 1. The van der Waals surface area contributed by atoms with Crippen molar-refractivity contribution in [1.29, 1.82) is 0 Å². The molecule has 1 aromatic heterocycles. The third-order valence-corrected chi connectivity index (χ3v) is 5.40. The van der Waals surface area contributed by atoms with E-state index in [1.54, 1.807) is 24.1 Å². The minimum atomic E-state index is -0.874. The lowest BCUT2D eigenvalue weighted by Gasteiger charge is -2.30. The minimum absolute atomic E-state index is 0.0382. The van der Waals surface area contributed by atoms with Gasteiger partial charge in [-0.3, -0.25) is 24.7 Å². The van der Waals surface area contributed by atoms with E-state index in [-0.39, 0.29) is 31.3 Å². The maximum absolute atomic E-state index is 12.7. The molecule has 1 aliphatic carbocycles. The summed E-state index contributed by atoms with van der Waals surface area (Å²) in [6, 6.07) is 4.75. The second-order valence-corrected chi connectivity index (χ2v) is 7.95. The van der Waals surface area contributed by atoms with E-state index < -0.39 is 17.5 Å². The summed E-state index contributed by atoms with van der Waals surface area (Å²) >= 11 is 0. The van der Waals surface area contributed by atoms with Gasteiger partial charge in [0.1, 0.15) is 11.4 Å². The highest BCUT2D eigenvalue weighted by molar-refractivity contribution is 6.08. The normalized spacial score (nSPS) is 17.9. The molecule has 30 heavy (non-hydrogen) atoms. The number of aryl methyl sites for hydroxylation is 1. The molecule has 3 rings (SSSR count). The molecule has 1 saturated heterocycles. The number of nitrogens with one attached hydrogen (secondary N) is 3. The first-order chi connectivity index (χ1) is 14.3. The topological polar surface area (TPSA) is 124 Å². The van der Waals surface area contributed by atoms with Gasteiger partial charge in [0.05, 0.1) is 6.54 Å². The van der Waals surface area contributed by atoms with Gasteiger partial charge in [0.15, 0.2) is 0 Å². The second-order valence-electron chi connectivity index (χ2n) is 7.95. The smallest absolute Gasteiger partial charge is 0.322 e. The van der Waals surface area contributed by atoms with Crippen LogP contribution in [0.4, 0.5) is 10.6 Å². The van der Waals surface area contributed by atoms with E-state index in [2.05, 4.69) is 21.0 Å². The molecule has 10 heteroatoms. The molecule has 10 nitrogen and oxygen atoms in total. The van der Waals surface area contributed by atoms with Crippen molar-refractivity contribution >= 4 is 29.6 Å². The molecule has 0 aromatic carbocycles. The number of anilines is 1. The Morgan fingerprint density at radius 2 is 1.93 bits per heavy atom. The van der Waals surface area contributed by atoms with Crippen LogP contribution in [0.5, 0.6) is 0 Å². The molecule has 1 aliphatic heterocycles. The summed E-state index contributed by atoms with van der Waals surface area (Å²) in [7, 11) is 1.71. The first-order valence-electron chi connectivity index (χ1n) is 10.2. The van der Waals surface area contributed by atoms with Crippen LogP contribution in [0.15, 0.2) is 18.2 Å². The van der Waals surface area contributed by atoms with Crippen LogP contribution >= 0.6 is 0 Å². The molecule has 0 radical (unpaired) electrons. The number of aromatic nitrogens is 1. The zero-order chi connectivity index (χ0) is 21.7. The van der Waals surface area contributed by atoms with E-state index in [0.29, 0.717) is 18.7 Å². The lowest BCUT2D eigenvalue weighted by Crippen LogP contribution is -2.51. The third kappa shape index (κ3) is 5.12. The van der Waals surface area contributed by atoms with Gasteiger partial charge in [0, 0.05) is 18.7 Å². The van der Waals surface area contributed by atoms with Gasteiger partial charge in [-0.2, -0.15) is 5.01 Å². The van der Waals surface area contributed by atoms with Gasteiger partial charge in [0.25, 0.3) is 5.91 Å². The zero-order valence-corrected chi connectivity index (χ0v) is 17.4. The van der Waals surface area contributed by atoms with Crippen LogP contribution in [0, 0.1) is 6.92 Å². The number of hydrazine groups is 1. The SMILES string of the molecule is Cc1cccc(NC(=O)CN(C)CCC(=O)NN2C(=O)NC3(CCCCC3)C2=O)n1. The predicted molar refractivity (Wildman–Crippen MR) is 109 cm³/mol. The molecule has 2 fully saturated rings. The second kappa shape index (κ2) is 9.21. The summed E-state index contributed by atoms with van der Waals surface area (Å²) in [6.07, 6.45) is 4.01. The fourth-order valence-electron chi connectivity index (χ4n) is 3.81. The third-order valence-electron chi connectivity index (χ3n) is 5.40. The average molecular weight is 416 g/mol. The molecule has 0 bridgehead atoms. The van der Waals surface area contributed by atoms with Crippen molar-refractivity contribution in [2.24, 2.45) is 0 Å². The van der Waals surface area contributed by atoms with Crippen LogP contribution < -0.4 is 16.1 Å². The Hall–Kier alpha value is -3.01. The molecule has 1 saturated carbocycles. The van der Waals surface area contributed by atoms with E-state index in [0.717, 1.165) is 30.0 Å². The molecule has 2 aliphatic rings. The van der Waals surface area contributed by atoms with Crippen LogP contribution in [-0.2, 0) is 14.4 Å². The highest BCUT2D eigenvalue weighted by atomic mass is 16.2. The van der Waals surface area contributed by atoms with E-state index in [1.165, 1.54) is 0 Å². The number of urea groups is 1. The molecule has 1 aromatic rings. The summed E-state index contributed by atoms with van der Waals surface area (Å²) < 4.78 is 0. The summed E-state index contributed by atoms with van der Waals surface area (Å²) in [5.74, 6) is -0.622. The van der Waals surface area contributed by atoms with Crippen LogP contribution in [0.2, 0.25) is 0 Å². The fraction of sp³-hybridized carbons (Fsp3) is 0.550. The Morgan fingerprint density at radius 1 is 1.20 bits per heavy atom. The van der Waals surface area contributed by atoms with Crippen LogP contribution in [0.1, 0.15) is 44.2 Å². The van der Waals surface area contributed by atoms with Gasteiger partial charge >= 0.3 is 6.03 Å². The first-order valence-corrected chi connectivity index (χ1v) is 10.2. The van der Waals surface area contributed by atoms with Crippen LogP contribution in [0.25, 0.3) is 0 Å². The number of carbonyl (C=O) groups excluding carboxylic acids is 4. The van der Waals surface area contributed by atoms with Gasteiger partial charge in [-0.15, -0.1) is 0 Å². The van der Waals surface area contributed by atoms with Crippen molar-refractivity contribution in [1.82, 2.24) is 25.6 Å². The van der Waals surface area contributed by atoms with E-state index in [4.69, 9.17) is 0 Å². The van der Waals surface area contributed by atoms with E-state index >= 15 is 0 Å². The molecule has 162 valence electrons. The lowest BCUT2D eigenvalue weighted by atomic mass is 9.82. The highest BCUT2D eigenvalue weighted by Gasteiger charge is 2.52. The standard InChI is InChI=1S/C20H28N6O4/c1-14-7-6-8-15(21-14)22-17(28)13-25(2)12-9-16(27)24-26-18(29)20(23-19(26)30)10-4-3-5-11-20/h6-8H,3-5,9-13H2,1-2H3,(H,23,30)(H,24,27)(H,21,22,28). The van der Waals surface area contributed by atoms with Crippen molar-refractivity contribution in [2.45, 2.75) is 51.0 Å². The number of pyridine rings is 1. The number of amides is 5. The number of hydrogen-bond donors (Lipinski definition) is 3. The molecule has 2 heterocycles. The van der Waals surface area contributed by atoms with Crippen molar-refractivity contribution in [3.63, 3.8) is 0 Å². The molecular formula is C20H28N6O4. The van der Waals surface area contributed by atoms with Crippen LogP contribution in [0.3, 0.4) is 0 Å². The predicted octanol–water partition coefficient (Wildman–Crippen LogP) is 0.936. The van der Waals surface area contributed by atoms with Gasteiger partial charge in [-0.05, 0) is 38.9 Å². The molecule has 1 spiro atoms. The number of nitrogens with zero attached hydrogens (tertiary/aromatic N) is 3. The van der Waals surface area contributed by atoms with Crippen LogP contribution in [-0.4, -0.2) is 64.3 Å². The quantitative estimate of drug-likeness (QED) is 0.568. The zero-order valence-electron chi connectivity index (χ0n) is 17.4. The van der Waals surface area contributed by atoms with E-state index in [9.17, 15) is 19.2 Å². The molecule has 0 atom stereocenters. The average Bonchev–Trinajstić information content (AvgIpc) is 2.91. The number of carbonyl (C=O) groups is 4. The Kier molecular flexibility index (Phi) is 6.66. The highest BCUT2D eigenvalue weighted by Crippen LogP contribution is 2.32. The minimum Gasteiger partial charge on any atom is -0.322 e. The summed E-state index contributed by atoms with van der Waals surface area (Å²) in [5.41, 5.74) is 2.33. The fourth-order valence-corrected chi connectivity index (χ4v) is 3.81. The van der Waals surface area contributed by atoms with Gasteiger partial charge < -0.3 is 10.6 Å². The maximum atomic E-state index is 12.7. The Labute approximate surface area is 175 Å². The first kappa shape index (κ1) is 21.7. The number of rotatable bonds is 7. The molecule has 3 N–H and O–H groups in total. The van der Waals surface area contributed by atoms with Crippen molar-refractivity contribution in [3.05, 3.63) is 23.9 Å². The van der Waals surface area contributed by atoms with Crippen molar-refractivity contribution in [3.8, 4) is 0 Å². The maximum Gasteiger partial charge on any atom is 0.344 e. The number of imide groups is 1. The largest absolute Gasteiger partial charge is 0.344 e. The van der Waals surface area contributed by atoms with Crippen molar-refractivity contribution in [2.75, 3.05) is 25.5 Å². The van der Waals surface area contributed by atoms with Gasteiger partial charge in [-0.25, -0.2) is 9.78 Å².